The number of carbonyl (C=O) groups is 2. The number of nitrogens with zero attached hydrogens (tertiary/aromatic N) is 6. The molecule has 1 aromatic carbocycles. The SMILES string of the molecule is O=C(O)c1ccnc(N2CCN(C(=O)N3N=CCC3c3cc(F)cc(P)c3)CC2)n1. The quantitative estimate of drug-likeness (QED) is 0.741. The highest BCUT2D eigenvalue weighted by atomic mass is 31.0. The zero-order valence-electron chi connectivity index (χ0n) is 16.0. The lowest BCUT2D eigenvalue weighted by Crippen LogP contribution is -2.52. The number of benzene rings is 1. The molecule has 156 valence electrons. The number of halogens is 1. The average Bonchev–Trinajstić information content (AvgIpc) is 3.23. The average molecular weight is 430 g/mol. The Bertz CT molecular complexity index is 991. The van der Waals surface area contributed by atoms with Gasteiger partial charge >= 0.3 is 12.0 Å². The Labute approximate surface area is 174 Å². The van der Waals surface area contributed by atoms with Gasteiger partial charge in [-0.2, -0.15) is 5.10 Å². The number of aromatic nitrogens is 2. The first-order valence-corrected chi connectivity index (χ1v) is 9.98. The molecule has 4 rings (SSSR count). The van der Waals surface area contributed by atoms with Crippen LogP contribution in [-0.4, -0.2) is 69.4 Å². The highest BCUT2D eigenvalue weighted by Crippen LogP contribution is 2.30. The number of hydrogen-bond acceptors (Lipinski definition) is 6. The van der Waals surface area contributed by atoms with Crippen molar-refractivity contribution in [2.45, 2.75) is 12.5 Å². The third-order valence-electron chi connectivity index (χ3n) is 5.05. The van der Waals surface area contributed by atoms with E-state index >= 15 is 0 Å². The lowest BCUT2D eigenvalue weighted by atomic mass is 10.0. The van der Waals surface area contributed by atoms with Crippen LogP contribution in [0.1, 0.15) is 28.5 Å². The van der Waals surface area contributed by atoms with Gasteiger partial charge in [0.15, 0.2) is 5.69 Å². The van der Waals surface area contributed by atoms with E-state index in [-0.39, 0.29) is 23.6 Å². The van der Waals surface area contributed by atoms with Crippen LogP contribution in [0.3, 0.4) is 0 Å². The largest absolute Gasteiger partial charge is 0.477 e. The van der Waals surface area contributed by atoms with Crippen molar-refractivity contribution in [2.75, 3.05) is 31.1 Å². The van der Waals surface area contributed by atoms with Gasteiger partial charge < -0.3 is 14.9 Å². The van der Waals surface area contributed by atoms with Crippen molar-refractivity contribution in [1.82, 2.24) is 19.9 Å². The molecule has 1 aromatic heterocycles. The summed E-state index contributed by atoms with van der Waals surface area (Å²) < 4.78 is 13.8. The summed E-state index contributed by atoms with van der Waals surface area (Å²) in [6.45, 7) is 1.76. The second-order valence-electron chi connectivity index (χ2n) is 7.02. The number of rotatable bonds is 3. The van der Waals surface area contributed by atoms with Crippen molar-refractivity contribution in [3.63, 3.8) is 0 Å². The van der Waals surface area contributed by atoms with E-state index < -0.39 is 5.97 Å². The van der Waals surface area contributed by atoms with Gasteiger partial charge in [-0.05, 0) is 35.1 Å². The molecule has 1 N–H and O–H groups in total. The van der Waals surface area contributed by atoms with E-state index in [9.17, 15) is 14.0 Å². The number of carboxylic acid groups (broad SMARTS) is 1. The van der Waals surface area contributed by atoms with E-state index in [1.807, 2.05) is 11.0 Å². The van der Waals surface area contributed by atoms with Crippen LogP contribution < -0.4 is 10.2 Å². The van der Waals surface area contributed by atoms with Gasteiger partial charge in [-0.3, -0.25) is 0 Å². The van der Waals surface area contributed by atoms with Crippen LogP contribution in [0.25, 0.3) is 0 Å². The summed E-state index contributed by atoms with van der Waals surface area (Å²) in [6, 6.07) is 5.42. The summed E-state index contributed by atoms with van der Waals surface area (Å²) in [5.41, 5.74) is 0.625. The second kappa shape index (κ2) is 8.31. The topological polar surface area (TPSA) is 102 Å². The molecule has 0 bridgehead atoms. The molecule has 2 aliphatic rings. The van der Waals surface area contributed by atoms with Gasteiger partial charge in [0.1, 0.15) is 5.82 Å². The maximum Gasteiger partial charge on any atom is 0.354 e. The number of carboxylic acids is 1. The Kier molecular flexibility index (Phi) is 5.59. The zero-order chi connectivity index (χ0) is 21.3. The molecule has 1 saturated heterocycles. The predicted octanol–water partition coefficient (Wildman–Crippen LogP) is 1.49. The molecule has 3 heterocycles. The third-order valence-corrected chi connectivity index (χ3v) is 5.38. The van der Waals surface area contributed by atoms with Crippen LogP contribution in [-0.2, 0) is 0 Å². The number of hydrazone groups is 1. The molecule has 9 nitrogen and oxygen atoms in total. The number of urea groups is 1. The fourth-order valence-corrected chi connectivity index (χ4v) is 3.92. The molecule has 30 heavy (non-hydrogen) atoms. The van der Waals surface area contributed by atoms with Crippen LogP contribution in [0.15, 0.2) is 35.6 Å². The van der Waals surface area contributed by atoms with Gasteiger partial charge in [0.25, 0.3) is 0 Å². The van der Waals surface area contributed by atoms with Gasteiger partial charge in [0.05, 0.1) is 6.04 Å². The number of hydrogen-bond donors (Lipinski definition) is 1. The smallest absolute Gasteiger partial charge is 0.354 e. The molecule has 2 amide bonds. The normalized spacial score (nSPS) is 18.7. The molecule has 0 aliphatic carbocycles. The van der Waals surface area contributed by atoms with Gasteiger partial charge in [-0.25, -0.2) is 29.0 Å². The van der Waals surface area contributed by atoms with Crippen molar-refractivity contribution in [2.24, 2.45) is 5.10 Å². The maximum absolute atomic E-state index is 13.8. The lowest BCUT2D eigenvalue weighted by molar-refractivity contribution is 0.0690. The lowest BCUT2D eigenvalue weighted by Gasteiger charge is -2.37. The number of aromatic carboxylic acids is 1. The molecule has 2 aromatic rings. The van der Waals surface area contributed by atoms with E-state index in [2.05, 4.69) is 24.3 Å². The molecular weight excluding hydrogens is 410 g/mol. The van der Waals surface area contributed by atoms with Gasteiger partial charge in [-0.1, -0.05) is 0 Å². The van der Waals surface area contributed by atoms with Crippen LogP contribution in [0, 0.1) is 5.82 Å². The summed E-state index contributed by atoms with van der Waals surface area (Å²) in [4.78, 5) is 35.9. The minimum atomic E-state index is -1.11. The first-order chi connectivity index (χ1) is 14.4. The maximum atomic E-state index is 13.8. The Morgan fingerprint density at radius 2 is 1.93 bits per heavy atom. The fourth-order valence-electron chi connectivity index (χ4n) is 3.57. The van der Waals surface area contributed by atoms with E-state index in [1.165, 1.54) is 29.4 Å². The molecule has 0 saturated carbocycles. The molecule has 2 aliphatic heterocycles. The highest BCUT2D eigenvalue weighted by molar-refractivity contribution is 7.27. The van der Waals surface area contributed by atoms with E-state index in [1.54, 1.807) is 11.1 Å². The molecule has 11 heteroatoms. The minimum absolute atomic E-state index is 0.0729. The molecule has 2 atom stereocenters. The highest BCUT2D eigenvalue weighted by Gasteiger charge is 2.33. The van der Waals surface area contributed by atoms with E-state index in [0.717, 1.165) is 0 Å². The standard InChI is InChI=1S/C19H20FN6O3P/c20-13-9-12(10-14(30)11-13)16-2-4-22-26(16)19(29)25-7-5-24(6-8-25)18-21-3-1-15(23-18)17(27)28/h1,3-4,9-11,16H,2,5-8,30H2,(H,27,28). The summed E-state index contributed by atoms with van der Waals surface area (Å²) in [6.07, 6.45) is 3.60. The van der Waals surface area contributed by atoms with Gasteiger partial charge in [0, 0.05) is 45.0 Å². The molecule has 0 radical (unpaired) electrons. The summed E-state index contributed by atoms with van der Waals surface area (Å²) in [5, 5.41) is 15.4. The van der Waals surface area contributed by atoms with Crippen LogP contribution in [0.4, 0.5) is 15.1 Å². The van der Waals surface area contributed by atoms with Crippen molar-refractivity contribution < 1.29 is 19.1 Å². The predicted molar refractivity (Wildman–Crippen MR) is 112 cm³/mol. The molecule has 1 fully saturated rings. The van der Waals surface area contributed by atoms with Crippen molar-refractivity contribution in [3.05, 3.63) is 47.5 Å². The summed E-state index contributed by atoms with van der Waals surface area (Å²) >= 11 is 0. The van der Waals surface area contributed by atoms with Gasteiger partial charge in [0.2, 0.25) is 5.95 Å². The first-order valence-electron chi connectivity index (χ1n) is 9.40. The Hall–Kier alpha value is -3.13. The summed E-state index contributed by atoms with van der Waals surface area (Å²) in [5.74, 6) is -1.14. The Balaban J connectivity index is 1.43. The second-order valence-corrected chi connectivity index (χ2v) is 7.68. The first kappa shape index (κ1) is 20.2. The van der Waals surface area contributed by atoms with E-state index in [0.29, 0.717) is 49.4 Å². The molecule has 2 unspecified atom stereocenters. The molecular formula is C19H20FN6O3P. The van der Waals surface area contributed by atoms with E-state index in [4.69, 9.17) is 5.11 Å². The minimum Gasteiger partial charge on any atom is -0.477 e. The van der Waals surface area contributed by atoms with Gasteiger partial charge in [-0.15, -0.1) is 9.24 Å². The number of piperazine rings is 1. The number of anilines is 1. The van der Waals surface area contributed by atoms with Crippen molar-refractivity contribution in [3.8, 4) is 0 Å². The third kappa shape index (κ3) is 4.09. The Morgan fingerprint density at radius 1 is 1.17 bits per heavy atom. The molecule has 0 spiro atoms. The number of amides is 2. The number of carbonyl (C=O) groups excluding carboxylic acids is 1. The van der Waals surface area contributed by atoms with Crippen LogP contribution in [0.2, 0.25) is 0 Å². The summed E-state index contributed by atoms with van der Waals surface area (Å²) in [7, 11) is 2.47. The van der Waals surface area contributed by atoms with Crippen LogP contribution >= 0.6 is 9.24 Å². The fraction of sp³-hybridized carbons (Fsp3) is 0.316. The Morgan fingerprint density at radius 3 is 2.63 bits per heavy atom. The van der Waals surface area contributed by atoms with Crippen LogP contribution in [0.5, 0.6) is 0 Å². The van der Waals surface area contributed by atoms with Crippen molar-refractivity contribution in [1.29, 1.82) is 0 Å². The van der Waals surface area contributed by atoms with Crippen molar-refractivity contribution >= 4 is 38.7 Å². The monoisotopic (exact) mass is 430 g/mol. The zero-order valence-corrected chi connectivity index (χ0v) is 17.1.